The van der Waals surface area contributed by atoms with Crippen LogP contribution in [0.5, 0.6) is 0 Å². The molecule has 0 bridgehead atoms. The van der Waals surface area contributed by atoms with Crippen molar-refractivity contribution >= 4 is 44.7 Å². The molecule has 0 aromatic heterocycles. The smallest absolute Gasteiger partial charge is 0.0412 e. The van der Waals surface area contributed by atoms with E-state index in [1.54, 1.807) is 0 Å². The highest BCUT2D eigenvalue weighted by atomic mass is 35.5. The molecule has 5 aromatic carbocycles. The third-order valence-electron chi connectivity index (χ3n) is 10.2. The van der Waals surface area contributed by atoms with E-state index in [2.05, 4.69) is 86.6 Å². The van der Waals surface area contributed by atoms with Crippen LogP contribution in [0.15, 0.2) is 84.9 Å². The Balaban J connectivity index is 1.39. The first-order valence-corrected chi connectivity index (χ1v) is 19.9. The summed E-state index contributed by atoms with van der Waals surface area (Å²) in [4.78, 5) is 0. The maximum absolute atomic E-state index is 6.61. The van der Waals surface area contributed by atoms with Crippen LogP contribution in [0.4, 0.5) is 0 Å². The Kier molecular flexibility index (Phi) is 14.7. The minimum atomic E-state index is 0.744. The SMILES string of the molecule is CCCCCCCCCCc1ccc(-c2c(-c3ccc(CCCCCCCCCC)cc3)c3ccc(Cl)cc3c3cc(Cl)ccc23)cc1. The van der Waals surface area contributed by atoms with Crippen molar-refractivity contribution in [1.82, 2.24) is 0 Å². The molecule has 5 aromatic rings. The molecule has 48 heavy (non-hydrogen) atoms. The summed E-state index contributed by atoms with van der Waals surface area (Å²) in [6, 6.07) is 31.4. The van der Waals surface area contributed by atoms with Crippen molar-refractivity contribution in [1.29, 1.82) is 0 Å². The van der Waals surface area contributed by atoms with E-state index in [-0.39, 0.29) is 0 Å². The normalized spacial score (nSPS) is 11.6. The molecular formula is C46H56Cl2. The van der Waals surface area contributed by atoms with Gasteiger partial charge < -0.3 is 0 Å². The zero-order chi connectivity index (χ0) is 33.6. The minimum Gasteiger partial charge on any atom is -0.0843 e. The fraction of sp³-hybridized carbons (Fsp3) is 0.435. The monoisotopic (exact) mass is 678 g/mol. The zero-order valence-corrected chi connectivity index (χ0v) is 31.1. The molecule has 0 aliphatic carbocycles. The van der Waals surface area contributed by atoms with Gasteiger partial charge in [0.1, 0.15) is 0 Å². The summed E-state index contributed by atoms with van der Waals surface area (Å²) in [5.74, 6) is 0. The lowest BCUT2D eigenvalue weighted by molar-refractivity contribution is 0.575. The maximum atomic E-state index is 6.61. The molecule has 0 aliphatic rings. The van der Waals surface area contributed by atoms with Gasteiger partial charge in [-0.05, 0) is 105 Å². The predicted octanol–water partition coefficient (Wildman–Crippen LogP) is 16.0. The van der Waals surface area contributed by atoms with Crippen LogP contribution in [-0.4, -0.2) is 0 Å². The fourth-order valence-electron chi connectivity index (χ4n) is 7.39. The summed E-state index contributed by atoms with van der Waals surface area (Å²) < 4.78 is 0. The van der Waals surface area contributed by atoms with E-state index in [0.717, 1.165) is 33.7 Å². The number of hydrogen-bond donors (Lipinski definition) is 0. The summed E-state index contributed by atoms with van der Waals surface area (Å²) >= 11 is 13.2. The van der Waals surface area contributed by atoms with Gasteiger partial charge in [-0.15, -0.1) is 0 Å². The zero-order valence-electron chi connectivity index (χ0n) is 29.6. The van der Waals surface area contributed by atoms with Crippen LogP contribution in [0.1, 0.15) is 128 Å². The Morgan fingerprint density at radius 3 is 1.04 bits per heavy atom. The van der Waals surface area contributed by atoms with Crippen molar-refractivity contribution in [2.24, 2.45) is 0 Å². The molecule has 5 rings (SSSR count). The van der Waals surface area contributed by atoms with E-state index >= 15 is 0 Å². The Morgan fingerprint density at radius 1 is 0.354 bits per heavy atom. The van der Waals surface area contributed by atoms with Crippen LogP contribution in [0.25, 0.3) is 43.8 Å². The molecule has 0 saturated heterocycles. The number of unbranched alkanes of at least 4 members (excludes halogenated alkanes) is 14. The van der Waals surface area contributed by atoms with Gasteiger partial charge in [-0.25, -0.2) is 0 Å². The number of halogens is 2. The predicted molar refractivity (Wildman–Crippen MR) is 215 cm³/mol. The number of rotatable bonds is 20. The van der Waals surface area contributed by atoms with Crippen LogP contribution < -0.4 is 0 Å². The molecule has 0 atom stereocenters. The van der Waals surface area contributed by atoms with Gasteiger partial charge in [0, 0.05) is 10.0 Å². The highest BCUT2D eigenvalue weighted by Gasteiger charge is 2.18. The number of fused-ring (bicyclic) bond motifs is 3. The Hall–Kier alpha value is -2.80. The molecule has 0 heterocycles. The molecule has 0 nitrogen and oxygen atoms in total. The second-order valence-electron chi connectivity index (χ2n) is 14.0. The van der Waals surface area contributed by atoms with Crippen LogP contribution in [0.2, 0.25) is 10.0 Å². The van der Waals surface area contributed by atoms with Crippen molar-refractivity contribution in [2.45, 2.75) is 129 Å². The van der Waals surface area contributed by atoms with Gasteiger partial charge in [0.15, 0.2) is 0 Å². The van der Waals surface area contributed by atoms with E-state index in [1.807, 2.05) is 12.1 Å². The summed E-state index contributed by atoms with van der Waals surface area (Å²) in [5, 5.41) is 6.20. The van der Waals surface area contributed by atoms with Gasteiger partial charge in [0.2, 0.25) is 0 Å². The average molecular weight is 680 g/mol. The van der Waals surface area contributed by atoms with Gasteiger partial charge >= 0.3 is 0 Å². The van der Waals surface area contributed by atoms with Crippen LogP contribution >= 0.6 is 23.2 Å². The number of hydrogen-bond acceptors (Lipinski definition) is 0. The quantitative estimate of drug-likeness (QED) is 0.0567. The molecule has 2 heteroatoms. The molecule has 0 aliphatic heterocycles. The minimum absolute atomic E-state index is 0.744. The first-order chi connectivity index (χ1) is 23.6. The first kappa shape index (κ1) is 36.5. The van der Waals surface area contributed by atoms with E-state index in [4.69, 9.17) is 23.2 Å². The molecular weight excluding hydrogens is 623 g/mol. The summed E-state index contributed by atoms with van der Waals surface area (Å²) in [5.41, 5.74) is 7.89. The summed E-state index contributed by atoms with van der Waals surface area (Å²) in [6.45, 7) is 4.58. The van der Waals surface area contributed by atoms with Crippen LogP contribution in [0.3, 0.4) is 0 Å². The van der Waals surface area contributed by atoms with Crippen molar-refractivity contribution < 1.29 is 0 Å². The van der Waals surface area contributed by atoms with Crippen molar-refractivity contribution in [3.63, 3.8) is 0 Å². The third kappa shape index (κ3) is 10.1. The standard InChI is InChI=1S/C46H56Cl2/c1-3-5-7-9-11-13-15-17-19-35-21-25-37(26-22-35)45-41-31-29-39(47)33-43(41)44-34-40(48)30-32-42(44)46(45)38-27-23-36(24-28-38)20-18-16-14-12-10-8-6-4-2/h21-34H,3-20H2,1-2H3. The van der Waals surface area contributed by atoms with Crippen molar-refractivity contribution in [2.75, 3.05) is 0 Å². The van der Waals surface area contributed by atoms with Crippen molar-refractivity contribution in [3.05, 3.63) is 106 Å². The lowest BCUT2D eigenvalue weighted by atomic mass is 9.84. The maximum Gasteiger partial charge on any atom is 0.0412 e. The second-order valence-corrected chi connectivity index (χ2v) is 14.8. The summed E-state index contributed by atoms with van der Waals surface area (Å²) in [7, 11) is 0. The van der Waals surface area contributed by atoms with Gasteiger partial charge in [-0.1, -0.05) is 188 Å². The molecule has 0 unspecified atom stereocenters. The topological polar surface area (TPSA) is 0 Å². The van der Waals surface area contributed by atoms with E-state index in [1.165, 1.54) is 147 Å². The molecule has 254 valence electrons. The third-order valence-corrected chi connectivity index (χ3v) is 10.6. The lowest BCUT2D eigenvalue weighted by Gasteiger charge is -2.19. The highest BCUT2D eigenvalue weighted by Crippen LogP contribution is 2.45. The molecule has 0 radical (unpaired) electrons. The van der Waals surface area contributed by atoms with Crippen LogP contribution in [0, 0.1) is 0 Å². The average Bonchev–Trinajstić information content (AvgIpc) is 3.11. The molecule has 0 fully saturated rings. The Bertz CT molecular complexity index is 1570. The summed E-state index contributed by atoms with van der Waals surface area (Å²) in [6.07, 6.45) is 23.9. The highest BCUT2D eigenvalue weighted by molar-refractivity contribution is 6.34. The lowest BCUT2D eigenvalue weighted by Crippen LogP contribution is -1.94. The van der Waals surface area contributed by atoms with E-state index < -0.39 is 0 Å². The van der Waals surface area contributed by atoms with Crippen molar-refractivity contribution in [3.8, 4) is 22.3 Å². The Morgan fingerprint density at radius 2 is 0.688 bits per heavy atom. The Labute approximate surface area is 301 Å². The molecule has 0 saturated carbocycles. The number of aryl methyl sites for hydroxylation is 2. The van der Waals surface area contributed by atoms with Gasteiger partial charge in [-0.3, -0.25) is 0 Å². The number of benzene rings is 5. The fourth-order valence-corrected chi connectivity index (χ4v) is 7.73. The molecule has 0 N–H and O–H groups in total. The first-order valence-electron chi connectivity index (χ1n) is 19.1. The van der Waals surface area contributed by atoms with E-state index in [9.17, 15) is 0 Å². The second kappa shape index (κ2) is 19.4. The molecule has 0 spiro atoms. The molecule has 0 amide bonds. The van der Waals surface area contributed by atoms with Gasteiger partial charge in [0.25, 0.3) is 0 Å². The van der Waals surface area contributed by atoms with Gasteiger partial charge in [-0.2, -0.15) is 0 Å². The van der Waals surface area contributed by atoms with Crippen LogP contribution in [-0.2, 0) is 12.8 Å². The van der Waals surface area contributed by atoms with Gasteiger partial charge in [0.05, 0.1) is 0 Å². The largest absolute Gasteiger partial charge is 0.0843 e. The van der Waals surface area contributed by atoms with E-state index in [0.29, 0.717) is 0 Å².